The van der Waals surface area contributed by atoms with E-state index in [-0.39, 0.29) is 5.91 Å². The largest absolute Gasteiger partial charge is 0.356 e. The average Bonchev–Trinajstić information content (AvgIpc) is 2.21. The lowest BCUT2D eigenvalue weighted by Crippen LogP contribution is -2.32. The van der Waals surface area contributed by atoms with Crippen molar-refractivity contribution in [3.8, 4) is 0 Å². The summed E-state index contributed by atoms with van der Waals surface area (Å²) in [5, 5.41) is 3.05. The monoisotopic (exact) mass is 240 g/mol. The molecule has 1 saturated carbocycles. The summed E-state index contributed by atoms with van der Waals surface area (Å²) in [5.74, 6) is 2.19. The normalized spacial score (nSPS) is 17.9. The van der Waals surface area contributed by atoms with Crippen LogP contribution in [0.4, 0.5) is 0 Å². The standard InChI is InChI=1S/C14H28N2O/c1-11(2)13(8-9-15)6-7-14(17)16-10-12-4-3-5-12/h11-13H,3-10,15H2,1-2H3,(H,16,17). The van der Waals surface area contributed by atoms with E-state index in [1.54, 1.807) is 0 Å². The van der Waals surface area contributed by atoms with Gasteiger partial charge in [-0.05, 0) is 50.0 Å². The van der Waals surface area contributed by atoms with Gasteiger partial charge in [0.25, 0.3) is 0 Å². The molecule has 0 aliphatic heterocycles. The van der Waals surface area contributed by atoms with Crippen LogP contribution in [0.5, 0.6) is 0 Å². The molecule has 0 aromatic rings. The van der Waals surface area contributed by atoms with E-state index in [1.165, 1.54) is 19.3 Å². The van der Waals surface area contributed by atoms with Crippen LogP contribution in [0.3, 0.4) is 0 Å². The molecule has 1 unspecified atom stereocenters. The summed E-state index contributed by atoms with van der Waals surface area (Å²) < 4.78 is 0. The molecule has 0 radical (unpaired) electrons. The molecule has 1 atom stereocenters. The third kappa shape index (κ3) is 5.53. The van der Waals surface area contributed by atoms with Gasteiger partial charge in [-0.3, -0.25) is 4.79 Å². The number of nitrogens with two attached hydrogens (primary N) is 1. The van der Waals surface area contributed by atoms with Gasteiger partial charge in [-0.2, -0.15) is 0 Å². The Kier molecular flexibility index (Phi) is 6.56. The van der Waals surface area contributed by atoms with E-state index in [9.17, 15) is 4.79 Å². The number of carbonyl (C=O) groups excluding carboxylic acids is 1. The molecule has 0 bridgehead atoms. The van der Waals surface area contributed by atoms with Gasteiger partial charge in [-0.1, -0.05) is 20.3 Å². The van der Waals surface area contributed by atoms with Crippen molar-refractivity contribution in [1.82, 2.24) is 5.32 Å². The molecule has 0 saturated heterocycles. The van der Waals surface area contributed by atoms with Gasteiger partial charge in [-0.15, -0.1) is 0 Å². The van der Waals surface area contributed by atoms with E-state index >= 15 is 0 Å². The highest BCUT2D eigenvalue weighted by molar-refractivity contribution is 5.75. The predicted molar refractivity (Wildman–Crippen MR) is 71.6 cm³/mol. The third-order valence-corrected chi connectivity index (χ3v) is 4.04. The summed E-state index contributed by atoms with van der Waals surface area (Å²) in [4.78, 5) is 11.7. The number of carbonyl (C=O) groups is 1. The fraction of sp³-hybridized carbons (Fsp3) is 0.929. The Morgan fingerprint density at radius 1 is 1.35 bits per heavy atom. The molecule has 0 spiro atoms. The van der Waals surface area contributed by atoms with Gasteiger partial charge in [0.1, 0.15) is 0 Å². The van der Waals surface area contributed by atoms with Crippen molar-refractivity contribution in [3.63, 3.8) is 0 Å². The maximum Gasteiger partial charge on any atom is 0.220 e. The number of hydrogen-bond acceptors (Lipinski definition) is 2. The molecule has 0 heterocycles. The molecule has 1 aliphatic carbocycles. The van der Waals surface area contributed by atoms with Gasteiger partial charge in [0.2, 0.25) is 5.91 Å². The molecule has 17 heavy (non-hydrogen) atoms. The molecule has 3 N–H and O–H groups in total. The highest BCUT2D eigenvalue weighted by Gasteiger charge is 2.18. The summed E-state index contributed by atoms with van der Waals surface area (Å²) in [6.07, 6.45) is 6.60. The zero-order chi connectivity index (χ0) is 12.7. The molecule has 0 aromatic carbocycles. The number of nitrogens with one attached hydrogen (secondary N) is 1. The maximum absolute atomic E-state index is 11.7. The first-order chi connectivity index (χ1) is 8.13. The summed E-state index contributed by atoms with van der Waals surface area (Å²) in [6.45, 7) is 6.05. The van der Waals surface area contributed by atoms with Gasteiger partial charge < -0.3 is 11.1 Å². The molecule has 1 amide bonds. The van der Waals surface area contributed by atoms with Gasteiger partial charge in [0, 0.05) is 13.0 Å². The molecule has 1 fully saturated rings. The average molecular weight is 240 g/mol. The van der Waals surface area contributed by atoms with Crippen LogP contribution >= 0.6 is 0 Å². The molecule has 3 nitrogen and oxygen atoms in total. The first kappa shape index (κ1) is 14.5. The minimum Gasteiger partial charge on any atom is -0.356 e. The Morgan fingerprint density at radius 2 is 2.06 bits per heavy atom. The SMILES string of the molecule is CC(C)C(CCN)CCC(=O)NCC1CCC1. The van der Waals surface area contributed by atoms with E-state index in [0.29, 0.717) is 18.3 Å². The minimum atomic E-state index is 0.222. The highest BCUT2D eigenvalue weighted by Crippen LogP contribution is 2.25. The third-order valence-electron chi connectivity index (χ3n) is 4.04. The second-order valence-corrected chi connectivity index (χ2v) is 5.72. The van der Waals surface area contributed by atoms with Crippen molar-refractivity contribution >= 4 is 5.91 Å². The second kappa shape index (κ2) is 7.70. The van der Waals surface area contributed by atoms with Crippen LogP contribution in [0.1, 0.15) is 52.4 Å². The topological polar surface area (TPSA) is 55.1 Å². The van der Waals surface area contributed by atoms with Crippen LogP contribution in [0, 0.1) is 17.8 Å². The minimum absolute atomic E-state index is 0.222. The van der Waals surface area contributed by atoms with Crippen LogP contribution in [-0.4, -0.2) is 19.0 Å². The highest BCUT2D eigenvalue weighted by atomic mass is 16.1. The van der Waals surface area contributed by atoms with Crippen LogP contribution in [-0.2, 0) is 4.79 Å². The van der Waals surface area contributed by atoms with Crippen LogP contribution in [0.25, 0.3) is 0 Å². The zero-order valence-electron chi connectivity index (χ0n) is 11.4. The summed E-state index contributed by atoms with van der Waals surface area (Å²) in [6, 6.07) is 0. The number of hydrogen-bond donors (Lipinski definition) is 2. The van der Waals surface area contributed by atoms with Gasteiger partial charge >= 0.3 is 0 Å². The molecular formula is C14H28N2O. The molecule has 1 rings (SSSR count). The summed E-state index contributed by atoms with van der Waals surface area (Å²) in [7, 11) is 0. The smallest absolute Gasteiger partial charge is 0.220 e. The fourth-order valence-corrected chi connectivity index (χ4v) is 2.39. The van der Waals surface area contributed by atoms with Crippen molar-refractivity contribution in [1.29, 1.82) is 0 Å². The van der Waals surface area contributed by atoms with E-state index in [0.717, 1.165) is 31.8 Å². The maximum atomic E-state index is 11.7. The van der Waals surface area contributed by atoms with Crippen molar-refractivity contribution in [3.05, 3.63) is 0 Å². The van der Waals surface area contributed by atoms with Crippen molar-refractivity contribution < 1.29 is 4.79 Å². The predicted octanol–water partition coefficient (Wildman–Crippen LogP) is 2.30. The van der Waals surface area contributed by atoms with Crippen molar-refractivity contribution in [2.24, 2.45) is 23.5 Å². The van der Waals surface area contributed by atoms with E-state index in [4.69, 9.17) is 5.73 Å². The lowest BCUT2D eigenvalue weighted by Gasteiger charge is -2.25. The van der Waals surface area contributed by atoms with E-state index in [2.05, 4.69) is 19.2 Å². The van der Waals surface area contributed by atoms with Gasteiger partial charge in [0.15, 0.2) is 0 Å². The van der Waals surface area contributed by atoms with Crippen LogP contribution < -0.4 is 11.1 Å². The number of rotatable bonds is 8. The lowest BCUT2D eigenvalue weighted by atomic mass is 9.85. The second-order valence-electron chi connectivity index (χ2n) is 5.72. The summed E-state index contributed by atoms with van der Waals surface area (Å²) in [5.41, 5.74) is 5.60. The quantitative estimate of drug-likeness (QED) is 0.684. The van der Waals surface area contributed by atoms with Crippen LogP contribution in [0.2, 0.25) is 0 Å². The Labute approximate surface area is 106 Å². The van der Waals surface area contributed by atoms with E-state index in [1.807, 2.05) is 0 Å². The Morgan fingerprint density at radius 3 is 2.53 bits per heavy atom. The Balaban J connectivity index is 2.11. The molecular weight excluding hydrogens is 212 g/mol. The van der Waals surface area contributed by atoms with E-state index < -0.39 is 0 Å². The Bertz CT molecular complexity index is 224. The van der Waals surface area contributed by atoms with Crippen LogP contribution in [0.15, 0.2) is 0 Å². The van der Waals surface area contributed by atoms with Crippen molar-refractivity contribution in [2.75, 3.05) is 13.1 Å². The fourth-order valence-electron chi connectivity index (χ4n) is 2.39. The molecule has 0 aromatic heterocycles. The van der Waals surface area contributed by atoms with Crippen molar-refractivity contribution in [2.45, 2.75) is 52.4 Å². The molecule has 100 valence electrons. The zero-order valence-corrected chi connectivity index (χ0v) is 11.4. The lowest BCUT2D eigenvalue weighted by molar-refractivity contribution is -0.121. The number of amides is 1. The van der Waals surface area contributed by atoms with Gasteiger partial charge in [0.05, 0.1) is 0 Å². The first-order valence-corrected chi connectivity index (χ1v) is 7.10. The molecule has 1 aliphatic rings. The van der Waals surface area contributed by atoms with Gasteiger partial charge in [-0.25, -0.2) is 0 Å². The molecule has 3 heteroatoms. The Hall–Kier alpha value is -0.570. The summed E-state index contributed by atoms with van der Waals surface area (Å²) >= 11 is 0. The first-order valence-electron chi connectivity index (χ1n) is 7.10.